The third-order valence-corrected chi connectivity index (χ3v) is 4.93. The van der Waals surface area contributed by atoms with Gasteiger partial charge in [-0.1, -0.05) is 42.0 Å². The summed E-state index contributed by atoms with van der Waals surface area (Å²) in [6.07, 6.45) is 0.288. The molecule has 5 nitrogen and oxygen atoms in total. The molecule has 146 valence electrons. The Hall–Kier alpha value is -2.80. The number of benzene rings is 2. The maximum absolute atomic E-state index is 13.4. The monoisotopic (exact) mass is 398 g/mol. The molecule has 1 N–H and O–H groups in total. The van der Waals surface area contributed by atoms with Crippen molar-refractivity contribution in [2.75, 3.05) is 6.54 Å². The maximum atomic E-state index is 13.4. The van der Waals surface area contributed by atoms with Crippen LogP contribution in [0.4, 0.5) is 4.39 Å². The molecule has 0 spiro atoms. The highest BCUT2D eigenvalue weighted by molar-refractivity contribution is 7.71. The summed E-state index contributed by atoms with van der Waals surface area (Å²) in [6, 6.07) is 14.3. The van der Waals surface area contributed by atoms with E-state index >= 15 is 0 Å². The molecule has 0 fully saturated rings. The van der Waals surface area contributed by atoms with E-state index in [-0.39, 0.29) is 18.1 Å². The highest BCUT2D eigenvalue weighted by Gasteiger charge is 2.15. The molecule has 3 rings (SSSR count). The van der Waals surface area contributed by atoms with Gasteiger partial charge in [0, 0.05) is 31.6 Å². The third-order valence-electron chi connectivity index (χ3n) is 4.61. The Balaban J connectivity index is 1.71. The van der Waals surface area contributed by atoms with Crippen LogP contribution < -0.4 is 0 Å². The second kappa shape index (κ2) is 8.93. The quantitative estimate of drug-likeness (QED) is 0.597. The van der Waals surface area contributed by atoms with Gasteiger partial charge in [0.05, 0.1) is 0 Å². The predicted octanol–water partition coefficient (Wildman–Crippen LogP) is 4.49. The lowest BCUT2D eigenvalue weighted by molar-refractivity contribution is -0.131. The summed E-state index contributed by atoms with van der Waals surface area (Å²) in [4.78, 5) is 14.4. The SMILES string of the molecule is CCN(Cc1cccc(F)c1)C(=O)CCn1c(-c2ccc(C)cc2)n[nH]c1=S. The summed E-state index contributed by atoms with van der Waals surface area (Å²) in [6.45, 7) is 5.30. The van der Waals surface area contributed by atoms with Crippen LogP contribution in [0.2, 0.25) is 0 Å². The lowest BCUT2D eigenvalue weighted by atomic mass is 10.1. The van der Waals surface area contributed by atoms with E-state index < -0.39 is 0 Å². The van der Waals surface area contributed by atoms with E-state index in [1.54, 1.807) is 11.0 Å². The van der Waals surface area contributed by atoms with Crippen molar-refractivity contribution in [1.29, 1.82) is 0 Å². The molecule has 0 saturated carbocycles. The van der Waals surface area contributed by atoms with Gasteiger partial charge < -0.3 is 4.90 Å². The van der Waals surface area contributed by atoms with E-state index in [1.807, 2.05) is 48.7 Å². The van der Waals surface area contributed by atoms with E-state index in [2.05, 4.69) is 10.2 Å². The third kappa shape index (κ3) is 4.72. The summed E-state index contributed by atoms with van der Waals surface area (Å²) >= 11 is 5.34. The largest absolute Gasteiger partial charge is 0.339 e. The molecule has 2 aromatic carbocycles. The number of carbonyl (C=O) groups is 1. The maximum Gasteiger partial charge on any atom is 0.224 e. The number of nitrogens with zero attached hydrogens (tertiary/aromatic N) is 3. The van der Waals surface area contributed by atoms with E-state index in [9.17, 15) is 9.18 Å². The molecule has 0 atom stereocenters. The van der Waals surface area contributed by atoms with Crippen LogP contribution in [0.1, 0.15) is 24.5 Å². The standard InChI is InChI=1S/C21H23FN4OS/c1-3-25(14-16-5-4-6-18(22)13-16)19(27)11-12-26-20(23-24-21(26)28)17-9-7-15(2)8-10-17/h4-10,13H,3,11-12,14H2,1-2H3,(H,24,28). The van der Waals surface area contributed by atoms with Crippen molar-refractivity contribution in [2.24, 2.45) is 0 Å². The molecule has 0 aliphatic carbocycles. The molecule has 1 aromatic heterocycles. The van der Waals surface area contributed by atoms with Gasteiger partial charge >= 0.3 is 0 Å². The fourth-order valence-corrected chi connectivity index (χ4v) is 3.27. The molecule has 0 bridgehead atoms. The number of amides is 1. The van der Waals surface area contributed by atoms with Crippen LogP contribution in [-0.2, 0) is 17.9 Å². The van der Waals surface area contributed by atoms with Crippen LogP contribution in [0.5, 0.6) is 0 Å². The van der Waals surface area contributed by atoms with Crippen molar-refractivity contribution in [3.8, 4) is 11.4 Å². The summed E-state index contributed by atoms with van der Waals surface area (Å²) in [7, 11) is 0. The number of aromatic nitrogens is 3. The lowest BCUT2D eigenvalue weighted by Gasteiger charge is -2.21. The minimum absolute atomic E-state index is 0.00952. The molecule has 0 aliphatic rings. The Labute approximate surface area is 168 Å². The van der Waals surface area contributed by atoms with Crippen LogP contribution in [-0.4, -0.2) is 32.1 Å². The van der Waals surface area contributed by atoms with Crippen LogP contribution in [0.25, 0.3) is 11.4 Å². The zero-order valence-corrected chi connectivity index (χ0v) is 16.8. The Morgan fingerprint density at radius 1 is 1.25 bits per heavy atom. The van der Waals surface area contributed by atoms with Crippen molar-refractivity contribution >= 4 is 18.1 Å². The molecular formula is C21H23FN4OS. The second-order valence-corrected chi connectivity index (χ2v) is 7.04. The van der Waals surface area contributed by atoms with Gasteiger partial charge in [-0.05, 0) is 43.8 Å². The minimum Gasteiger partial charge on any atom is -0.339 e. The average Bonchev–Trinajstić information content (AvgIpc) is 3.05. The molecule has 7 heteroatoms. The van der Waals surface area contributed by atoms with Crippen molar-refractivity contribution < 1.29 is 9.18 Å². The second-order valence-electron chi connectivity index (χ2n) is 6.66. The normalized spacial score (nSPS) is 10.8. The zero-order valence-electron chi connectivity index (χ0n) is 16.0. The van der Waals surface area contributed by atoms with E-state index in [0.29, 0.717) is 30.2 Å². The summed E-state index contributed by atoms with van der Waals surface area (Å²) in [5.41, 5.74) is 2.88. The van der Waals surface area contributed by atoms with E-state index in [0.717, 1.165) is 16.7 Å². The van der Waals surface area contributed by atoms with E-state index in [1.165, 1.54) is 12.1 Å². The fourth-order valence-electron chi connectivity index (χ4n) is 3.05. The molecule has 1 heterocycles. The number of aryl methyl sites for hydroxylation is 1. The molecule has 0 saturated heterocycles. The van der Waals surface area contributed by atoms with Crippen LogP contribution in [0.15, 0.2) is 48.5 Å². The summed E-state index contributed by atoms with van der Waals surface area (Å²) < 4.78 is 15.7. The Morgan fingerprint density at radius 3 is 2.68 bits per heavy atom. The van der Waals surface area contributed by atoms with E-state index in [4.69, 9.17) is 12.2 Å². The van der Waals surface area contributed by atoms with Crippen molar-refractivity contribution in [2.45, 2.75) is 33.4 Å². The number of halogens is 1. The van der Waals surface area contributed by atoms with Gasteiger partial charge in [-0.15, -0.1) is 0 Å². The Bertz CT molecular complexity index is 1010. The smallest absolute Gasteiger partial charge is 0.224 e. The number of hydrogen-bond donors (Lipinski definition) is 1. The number of aromatic amines is 1. The van der Waals surface area contributed by atoms with Gasteiger partial charge in [-0.25, -0.2) is 4.39 Å². The van der Waals surface area contributed by atoms with Crippen molar-refractivity contribution in [3.63, 3.8) is 0 Å². The number of rotatable bonds is 7. The van der Waals surface area contributed by atoms with Gasteiger partial charge in [-0.2, -0.15) is 5.10 Å². The topological polar surface area (TPSA) is 53.9 Å². The van der Waals surface area contributed by atoms with Gasteiger partial charge in [0.25, 0.3) is 0 Å². The fraction of sp³-hybridized carbons (Fsp3) is 0.286. The molecule has 1 amide bonds. The predicted molar refractivity (Wildman–Crippen MR) is 110 cm³/mol. The molecule has 0 radical (unpaired) electrons. The minimum atomic E-state index is -0.298. The molecule has 0 aliphatic heterocycles. The first kappa shape index (κ1) is 19.9. The van der Waals surface area contributed by atoms with Crippen molar-refractivity contribution in [3.05, 3.63) is 70.2 Å². The average molecular weight is 399 g/mol. The Morgan fingerprint density at radius 2 is 2.00 bits per heavy atom. The van der Waals surface area contributed by atoms with Crippen LogP contribution >= 0.6 is 12.2 Å². The number of nitrogens with one attached hydrogen (secondary N) is 1. The lowest BCUT2D eigenvalue weighted by Crippen LogP contribution is -2.31. The highest BCUT2D eigenvalue weighted by Crippen LogP contribution is 2.18. The first-order chi connectivity index (χ1) is 13.5. The first-order valence-electron chi connectivity index (χ1n) is 9.22. The molecule has 0 unspecified atom stereocenters. The van der Waals surface area contributed by atoms with Gasteiger partial charge in [0.15, 0.2) is 10.6 Å². The highest BCUT2D eigenvalue weighted by atomic mass is 32.1. The first-order valence-corrected chi connectivity index (χ1v) is 9.63. The van der Waals surface area contributed by atoms with Gasteiger partial charge in [-0.3, -0.25) is 14.5 Å². The van der Waals surface area contributed by atoms with Gasteiger partial charge in [0.2, 0.25) is 5.91 Å². The molecule has 28 heavy (non-hydrogen) atoms. The van der Waals surface area contributed by atoms with Gasteiger partial charge in [0.1, 0.15) is 5.82 Å². The zero-order chi connectivity index (χ0) is 20.1. The number of H-pyrrole nitrogens is 1. The molecular weight excluding hydrogens is 375 g/mol. The summed E-state index contributed by atoms with van der Waals surface area (Å²) in [5, 5.41) is 7.13. The molecule has 3 aromatic rings. The summed E-state index contributed by atoms with van der Waals surface area (Å²) in [5.74, 6) is 0.407. The van der Waals surface area contributed by atoms with Crippen LogP contribution in [0, 0.1) is 17.5 Å². The van der Waals surface area contributed by atoms with Crippen LogP contribution in [0.3, 0.4) is 0 Å². The van der Waals surface area contributed by atoms with Crippen molar-refractivity contribution in [1.82, 2.24) is 19.7 Å². The Kier molecular flexibility index (Phi) is 6.36. The number of hydrogen-bond acceptors (Lipinski definition) is 3. The number of carbonyl (C=O) groups excluding carboxylic acids is 1.